The fourth-order valence-corrected chi connectivity index (χ4v) is 7.65. The Balaban J connectivity index is 0.000000158. The second-order valence-corrected chi connectivity index (χ2v) is 14.3. The summed E-state index contributed by atoms with van der Waals surface area (Å²) in [5, 5.41) is 0. The molecular formula is C43H62O6. The largest absolute Gasteiger partial charge is 0.344 e. The molecule has 2 aliphatic carbocycles. The summed E-state index contributed by atoms with van der Waals surface area (Å²) in [6.45, 7) is 24.2. The molecule has 6 nitrogen and oxygen atoms in total. The van der Waals surface area contributed by atoms with E-state index in [4.69, 9.17) is 28.4 Å². The molecule has 0 radical (unpaired) electrons. The molecule has 5 aliphatic rings. The quantitative estimate of drug-likeness (QED) is 0.270. The molecular weight excluding hydrogens is 612 g/mol. The zero-order valence-electron chi connectivity index (χ0n) is 32.2. The Morgan fingerprint density at radius 2 is 1.16 bits per heavy atom. The molecule has 3 aromatic carbocycles. The van der Waals surface area contributed by atoms with Gasteiger partial charge in [-0.05, 0) is 95.5 Å². The van der Waals surface area contributed by atoms with Crippen molar-refractivity contribution >= 4 is 0 Å². The number of aryl methyl sites for hydroxylation is 1. The molecule has 270 valence electrons. The van der Waals surface area contributed by atoms with Gasteiger partial charge in [0.2, 0.25) is 0 Å². The van der Waals surface area contributed by atoms with Gasteiger partial charge in [0.15, 0.2) is 17.4 Å². The average molecular weight is 675 g/mol. The monoisotopic (exact) mass is 674 g/mol. The molecule has 3 saturated heterocycles. The number of fused-ring (bicyclic) bond motifs is 6. The molecule has 0 bridgehead atoms. The van der Waals surface area contributed by atoms with Gasteiger partial charge in [0.05, 0.1) is 18.3 Å². The Labute approximate surface area is 296 Å². The summed E-state index contributed by atoms with van der Waals surface area (Å²) < 4.78 is 35.6. The highest BCUT2D eigenvalue weighted by Crippen LogP contribution is 2.49. The standard InChI is InChI=1S/C14H18O2.C13H18O2.C12H14O2.2C2H6/c1-13(2)15-12-9-8-10-6-4-5-7-11(10)14(12,3)16-13;1-4-11-12(15-13(2,3)14-11)10-8-6-5-7-9-10;1-12(2)13-10-7-8-5-3-4-6-9(8)11(10)14-12;2*1-2/h4-7,12H,8-9H2,1-3H3;5-9,11-12H,4H2,1-3H3;3-6,10-11H,7H2,1-2H3;2*1-2H3. The Bertz CT molecular complexity index is 1470. The van der Waals surface area contributed by atoms with Crippen molar-refractivity contribution in [2.45, 2.75) is 162 Å². The molecule has 3 aromatic rings. The van der Waals surface area contributed by atoms with Crippen LogP contribution in [0.4, 0.5) is 0 Å². The summed E-state index contributed by atoms with van der Waals surface area (Å²) in [6.07, 6.45) is 4.93. The maximum atomic E-state index is 6.14. The van der Waals surface area contributed by atoms with Crippen LogP contribution in [0.15, 0.2) is 78.9 Å². The van der Waals surface area contributed by atoms with Crippen LogP contribution in [-0.4, -0.2) is 35.7 Å². The predicted octanol–water partition coefficient (Wildman–Crippen LogP) is 10.8. The van der Waals surface area contributed by atoms with Crippen LogP contribution in [0, 0.1) is 0 Å². The normalized spacial score (nSPS) is 30.2. The van der Waals surface area contributed by atoms with Crippen LogP contribution in [0.3, 0.4) is 0 Å². The third-order valence-corrected chi connectivity index (χ3v) is 9.41. The second-order valence-electron chi connectivity index (χ2n) is 14.3. The molecule has 8 rings (SSSR count). The van der Waals surface area contributed by atoms with Crippen molar-refractivity contribution in [1.29, 1.82) is 0 Å². The van der Waals surface area contributed by atoms with Crippen molar-refractivity contribution in [2.75, 3.05) is 0 Å². The number of rotatable bonds is 2. The molecule has 0 spiro atoms. The minimum Gasteiger partial charge on any atom is -0.344 e. The first-order chi connectivity index (χ1) is 23.3. The van der Waals surface area contributed by atoms with Crippen LogP contribution >= 0.6 is 0 Å². The smallest absolute Gasteiger partial charge is 0.164 e. The first-order valence-electron chi connectivity index (χ1n) is 18.6. The summed E-state index contributed by atoms with van der Waals surface area (Å²) in [5.74, 6) is -1.33. The average Bonchev–Trinajstić information content (AvgIpc) is 3.77. The Hall–Kier alpha value is -2.58. The summed E-state index contributed by atoms with van der Waals surface area (Å²) in [6, 6.07) is 27.3. The molecule has 0 amide bonds. The van der Waals surface area contributed by atoms with Crippen molar-refractivity contribution in [1.82, 2.24) is 0 Å². The summed E-state index contributed by atoms with van der Waals surface area (Å²) >= 11 is 0. The fourth-order valence-electron chi connectivity index (χ4n) is 7.65. The second kappa shape index (κ2) is 16.2. The van der Waals surface area contributed by atoms with Crippen molar-refractivity contribution in [3.8, 4) is 0 Å². The SMILES string of the molecule is CC.CC.CC1(C)OC2CCc3ccccc3C2(C)O1.CC1(C)OC2Cc3ccccc3C2O1.CCC1OC(C)(C)OC1c1ccccc1. The van der Waals surface area contributed by atoms with Crippen LogP contribution in [0.2, 0.25) is 0 Å². The molecule has 3 aliphatic heterocycles. The number of hydrogen-bond donors (Lipinski definition) is 0. The molecule has 6 unspecified atom stereocenters. The van der Waals surface area contributed by atoms with Gasteiger partial charge >= 0.3 is 0 Å². The lowest BCUT2D eigenvalue weighted by atomic mass is 9.78. The van der Waals surface area contributed by atoms with Crippen LogP contribution in [0.1, 0.15) is 136 Å². The minimum absolute atomic E-state index is 0.0752. The molecule has 0 aromatic heterocycles. The van der Waals surface area contributed by atoms with Gasteiger partial charge in [0.1, 0.15) is 17.8 Å². The molecule has 6 heteroatoms. The van der Waals surface area contributed by atoms with Crippen LogP contribution in [0.25, 0.3) is 0 Å². The van der Waals surface area contributed by atoms with E-state index in [2.05, 4.69) is 74.5 Å². The zero-order chi connectivity index (χ0) is 36.0. The first kappa shape index (κ1) is 39.2. The maximum absolute atomic E-state index is 6.14. The highest BCUT2D eigenvalue weighted by molar-refractivity contribution is 5.37. The van der Waals surface area contributed by atoms with Crippen molar-refractivity contribution in [3.63, 3.8) is 0 Å². The van der Waals surface area contributed by atoms with E-state index in [0.717, 1.165) is 25.7 Å². The van der Waals surface area contributed by atoms with Gasteiger partial charge in [-0.15, -0.1) is 0 Å². The van der Waals surface area contributed by atoms with Crippen molar-refractivity contribution < 1.29 is 28.4 Å². The molecule has 3 heterocycles. The Kier molecular flexibility index (Phi) is 12.9. The van der Waals surface area contributed by atoms with Crippen LogP contribution in [-0.2, 0) is 46.9 Å². The molecule has 6 atom stereocenters. The van der Waals surface area contributed by atoms with Crippen molar-refractivity contribution in [3.05, 3.63) is 107 Å². The lowest BCUT2D eigenvalue weighted by Gasteiger charge is -2.35. The third-order valence-electron chi connectivity index (χ3n) is 9.41. The minimum atomic E-state index is -0.461. The number of ether oxygens (including phenoxy) is 6. The number of hydrogen-bond acceptors (Lipinski definition) is 6. The number of benzene rings is 3. The molecule has 0 saturated carbocycles. The Morgan fingerprint density at radius 3 is 1.84 bits per heavy atom. The fraction of sp³-hybridized carbons (Fsp3) is 0.581. The van der Waals surface area contributed by atoms with Gasteiger partial charge < -0.3 is 28.4 Å². The van der Waals surface area contributed by atoms with E-state index in [9.17, 15) is 0 Å². The summed E-state index contributed by atoms with van der Waals surface area (Å²) in [7, 11) is 0. The van der Waals surface area contributed by atoms with Crippen LogP contribution in [0.5, 0.6) is 0 Å². The zero-order valence-corrected chi connectivity index (χ0v) is 32.2. The van der Waals surface area contributed by atoms with E-state index in [0.29, 0.717) is 0 Å². The van der Waals surface area contributed by atoms with Gasteiger partial charge in [-0.1, -0.05) is 113 Å². The van der Waals surface area contributed by atoms with Gasteiger partial charge in [0, 0.05) is 6.42 Å². The highest BCUT2D eigenvalue weighted by atomic mass is 16.8. The molecule has 3 fully saturated rings. The van der Waals surface area contributed by atoms with E-state index < -0.39 is 17.4 Å². The maximum Gasteiger partial charge on any atom is 0.164 e. The summed E-state index contributed by atoms with van der Waals surface area (Å²) in [4.78, 5) is 0. The Morgan fingerprint density at radius 1 is 0.592 bits per heavy atom. The van der Waals surface area contributed by atoms with Gasteiger partial charge in [-0.3, -0.25) is 0 Å². The van der Waals surface area contributed by atoms with Gasteiger partial charge in [-0.2, -0.15) is 0 Å². The van der Waals surface area contributed by atoms with E-state index in [-0.39, 0.29) is 36.1 Å². The summed E-state index contributed by atoms with van der Waals surface area (Å²) in [5.41, 5.74) is 6.33. The van der Waals surface area contributed by atoms with E-state index >= 15 is 0 Å². The lowest BCUT2D eigenvalue weighted by Crippen LogP contribution is -2.38. The topological polar surface area (TPSA) is 55.4 Å². The molecule has 49 heavy (non-hydrogen) atoms. The van der Waals surface area contributed by atoms with Crippen LogP contribution < -0.4 is 0 Å². The lowest BCUT2D eigenvalue weighted by molar-refractivity contribution is -0.161. The highest BCUT2D eigenvalue weighted by Gasteiger charge is 2.53. The third kappa shape index (κ3) is 9.02. The van der Waals surface area contributed by atoms with E-state index in [1.807, 2.05) is 87.4 Å². The predicted molar refractivity (Wildman–Crippen MR) is 197 cm³/mol. The van der Waals surface area contributed by atoms with Gasteiger partial charge in [0.25, 0.3) is 0 Å². The van der Waals surface area contributed by atoms with Gasteiger partial charge in [-0.25, -0.2) is 0 Å². The first-order valence-corrected chi connectivity index (χ1v) is 18.6. The van der Waals surface area contributed by atoms with Crippen molar-refractivity contribution in [2.24, 2.45) is 0 Å². The molecule has 0 N–H and O–H groups in total. The van der Waals surface area contributed by atoms with E-state index in [1.54, 1.807) is 0 Å². The van der Waals surface area contributed by atoms with E-state index in [1.165, 1.54) is 27.8 Å².